The quantitative estimate of drug-likeness (QED) is 0.488. The van der Waals surface area contributed by atoms with E-state index in [1.807, 2.05) is 13.0 Å². The van der Waals surface area contributed by atoms with Crippen LogP contribution >= 0.6 is 11.6 Å². The van der Waals surface area contributed by atoms with Gasteiger partial charge in [-0.3, -0.25) is 4.79 Å². The first kappa shape index (κ1) is 26.3. The summed E-state index contributed by atoms with van der Waals surface area (Å²) < 4.78 is 6.12. The molecule has 38 heavy (non-hydrogen) atoms. The Kier molecular flexibility index (Phi) is 7.79. The van der Waals surface area contributed by atoms with Crippen molar-refractivity contribution in [3.8, 4) is 0 Å². The minimum absolute atomic E-state index is 0.00674. The summed E-state index contributed by atoms with van der Waals surface area (Å²) in [4.78, 5) is 20.4. The second kappa shape index (κ2) is 11.3. The third-order valence-electron chi connectivity index (χ3n) is 10.2. The van der Waals surface area contributed by atoms with Crippen molar-refractivity contribution in [3.05, 3.63) is 64.4 Å². The number of pyridine rings is 1. The summed E-state index contributed by atoms with van der Waals surface area (Å²) in [6, 6.07) is 15.5. The van der Waals surface area contributed by atoms with Crippen molar-refractivity contribution in [2.24, 2.45) is 11.8 Å². The molecule has 4 aliphatic rings. The topological polar surface area (TPSA) is 55.7 Å². The van der Waals surface area contributed by atoms with Gasteiger partial charge in [0.1, 0.15) is 6.10 Å². The number of hydrogen-bond acceptors (Lipinski definition) is 3. The summed E-state index contributed by atoms with van der Waals surface area (Å²) in [5.41, 5.74) is 3.52. The maximum atomic E-state index is 14.7. The number of likely N-dealkylation sites (tertiary alicyclic amines) is 1. The molecule has 6 heteroatoms. The Morgan fingerprint density at radius 3 is 2.71 bits per heavy atom. The number of hydrogen-bond donors (Lipinski definition) is 1. The number of nitrogens with one attached hydrogen (secondary N) is 2. The van der Waals surface area contributed by atoms with Gasteiger partial charge in [-0.05, 0) is 80.5 Å². The number of amides is 1. The molecule has 1 amide bonds. The van der Waals surface area contributed by atoms with Crippen LogP contribution < -0.4 is 10.3 Å². The van der Waals surface area contributed by atoms with E-state index in [1.165, 1.54) is 43.2 Å². The maximum absolute atomic E-state index is 14.7. The number of aromatic amines is 1. The normalized spacial score (nSPS) is 31.9. The molecule has 1 unspecified atom stereocenters. The van der Waals surface area contributed by atoms with E-state index in [1.54, 1.807) is 0 Å². The van der Waals surface area contributed by atoms with Crippen LogP contribution in [-0.2, 0) is 14.9 Å². The summed E-state index contributed by atoms with van der Waals surface area (Å²) >= 11 is 6.43. The van der Waals surface area contributed by atoms with Gasteiger partial charge in [-0.1, -0.05) is 49.6 Å². The average Bonchev–Trinajstić information content (AvgIpc) is 3.39. The second-order valence-electron chi connectivity index (χ2n) is 12.1. The zero-order chi connectivity index (χ0) is 26.1. The Labute approximate surface area is 232 Å². The highest BCUT2D eigenvalue weighted by Crippen LogP contribution is 2.49. The molecule has 1 aromatic carbocycles. The number of fused-ring (bicyclic) bond motifs is 2. The Morgan fingerprint density at radius 2 is 1.92 bits per heavy atom. The first-order valence-corrected chi connectivity index (χ1v) is 15.4. The fourth-order valence-electron chi connectivity index (χ4n) is 8.30. The first-order chi connectivity index (χ1) is 18.6. The highest BCUT2D eigenvalue weighted by Gasteiger charge is 2.55. The third kappa shape index (κ3) is 4.80. The molecule has 6 rings (SSSR count). The molecule has 1 saturated carbocycles. The van der Waals surface area contributed by atoms with Gasteiger partial charge in [-0.2, -0.15) is 4.98 Å². The van der Waals surface area contributed by atoms with Gasteiger partial charge in [0, 0.05) is 49.3 Å². The molecule has 3 fully saturated rings. The zero-order valence-electron chi connectivity index (χ0n) is 22.8. The monoisotopic (exact) mass is 536 g/mol. The lowest BCUT2D eigenvalue weighted by Crippen LogP contribution is -2.55. The van der Waals surface area contributed by atoms with Gasteiger partial charge < -0.3 is 15.0 Å². The van der Waals surface area contributed by atoms with Gasteiger partial charge in [0.25, 0.3) is 5.15 Å². The van der Waals surface area contributed by atoms with Crippen LogP contribution in [0.25, 0.3) is 0 Å². The number of aromatic nitrogens is 1. The number of carbonyl (C=O) groups is 1. The molecule has 1 aromatic heterocycles. The number of nitrogens with zero attached hydrogens (tertiary/aromatic N) is 1. The van der Waals surface area contributed by atoms with E-state index in [0.29, 0.717) is 35.5 Å². The molecule has 204 valence electrons. The van der Waals surface area contributed by atoms with Crippen LogP contribution in [0.2, 0.25) is 5.15 Å². The fraction of sp³-hybridized carbons (Fsp3) is 0.625. The fourth-order valence-corrected chi connectivity index (χ4v) is 8.46. The summed E-state index contributed by atoms with van der Waals surface area (Å²) in [6.07, 6.45) is 10.5. The van der Waals surface area contributed by atoms with Gasteiger partial charge in [-0.25, -0.2) is 0 Å². The summed E-state index contributed by atoms with van der Waals surface area (Å²) in [6.45, 7) is 5.16. The van der Waals surface area contributed by atoms with Gasteiger partial charge in [0.15, 0.2) is 0 Å². The lowest BCUT2D eigenvalue weighted by atomic mass is 9.64. The standard InChI is InChI=1S/C32H42ClN3O2/c1-2-38-28-15-17-32(25-13-14-29(33)35-30(25)28)21-34-20-26(32)31(37)36-18-16-24(22-9-5-3-6-10-22)19-27(36)23-11-7-4-8-12-23/h3,5-6,9-10,13-14,23-24,26-28,34H,2,4,7-8,11-12,15-21H2,1H3/p+1/t24-,26+,27+,28?,32+/m1/s1. The van der Waals surface area contributed by atoms with E-state index in [2.05, 4.69) is 51.6 Å². The number of halogens is 1. The Balaban J connectivity index is 1.31. The van der Waals surface area contributed by atoms with E-state index in [9.17, 15) is 4.79 Å². The molecule has 5 atom stereocenters. The molecule has 5 nitrogen and oxygen atoms in total. The van der Waals surface area contributed by atoms with Crippen molar-refractivity contribution in [3.63, 3.8) is 0 Å². The lowest BCUT2D eigenvalue weighted by molar-refractivity contribution is -0.401. The molecule has 0 bridgehead atoms. The van der Waals surface area contributed by atoms with Crippen LogP contribution in [0.1, 0.15) is 93.6 Å². The maximum Gasteiger partial charge on any atom is 0.273 e. The predicted molar refractivity (Wildman–Crippen MR) is 150 cm³/mol. The molecule has 2 aliphatic carbocycles. The lowest BCUT2D eigenvalue weighted by Gasteiger charge is -2.48. The molecule has 3 heterocycles. The Bertz CT molecular complexity index is 1120. The van der Waals surface area contributed by atoms with Crippen LogP contribution in [0, 0.1) is 11.8 Å². The van der Waals surface area contributed by atoms with Gasteiger partial charge in [-0.15, -0.1) is 0 Å². The van der Waals surface area contributed by atoms with E-state index in [-0.39, 0.29) is 17.4 Å². The SMILES string of the molecule is CCOC1CC[C@]2(CNC[C@H]2C(=O)N2CC[C@@H](c3ccccc3)C[C@H]2C2CCCCC2)c2ccc(Cl)[nH+]c21. The van der Waals surface area contributed by atoms with Crippen LogP contribution in [0.5, 0.6) is 0 Å². The van der Waals surface area contributed by atoms with E-state index >= 15 is 0 Å². The Hall–Kier alpha value is -1.95. The second-order valence-corrected chi connectivity index (χ2v) is 12.5. The molecule has 1 spiro atoms. The third-order valence-corrected chi connectivity index (χ3v) is 10.4. The molecule has 2 saturated heterocycles. The summed E-state index contributed by atoms with van der Waals surface area (Å²) in [5.74, 6) is 1.48. The molecular weight excluding hydrogens is 494 g/mol. The van der Waals surface area contributed by atoms with Gasteiger partial charge in [0.05, 0.1) is 5.92 Å². The number of H-pyrrole nitrogens is 1. The number of carbonyl (C=O) groups excluding carboxylic acids is 1. The van der Waals surface area contributed by atoms with Gasteiger partial charge >= 0.3 is 0 Å². The van der Waals surface area contributed by atoms with E-state index < -0.39 is 0 Å². The number of rotatable bonds is 5. The van der Waals surface area contributed by atoms with E-state index in [0.717, 1.165) is 51.0 Å². The summed E-state index contributed by atoms with van der Waals surface area (Å²) in [7, 11) is 0. The van der Waals surface area contributed by atoms with Crippen molar-refractivity contribution < 1.29 is 14.5 Å². The largest absolute Gasteiger partial charge is 0.367 e. The molecule has 2 aliphatic heterocycles. The predicted octanol–water partition coefficient (Wildman–Crippen LogP) is 5.84. The zero-order valence-corrected chi connectivity index (χ0v) is 23.5. The minimum atomic E-state index is -0.214. The molecule has 2 N–H and O–H groups in total. The minimum Gasteiger partial charge on any atom is -0.367 e. The average molecular weight is 537 g/mol. The molecule has 0 radical (unpaired) electrons. The van der Waals surface area contributed by atoms with Crippen LogP contribution in [-0.4, -0.2) is 43.1 Å². The molecular formula is C32H43ClN3O2+. The van der Waals surface area contributed by atoms with Crippen molar-refractivity contribution in [2.45, 2.75) is 88.2 Å². The Morgan fingerprint density at radius 1 is 1.11 bits per heavy atom. The van der Waals surface area contributed by atoms with Crippen molar-refractivity contribution in [1.29, 1.82) is 0 Å². The number of ether oxygens (including phenoxy) is 1. The van der Waals surface area contributed by atoms with Crippen LogP contribution in [0.4, 0.5) is 0 Å². The highest BCUT2D eigenvalue weighted by atomic mass is 35.5. The van der Waals surface area contributed by atoms with Crippen LogP contribution in [0.3, 0.4) is 0 Å². The highest BCUT2D eigenvalue weighted by molar-refractivity contribution is 6.28. The van der Waals surface area contributed by atoms with Crippen molar-refractivity contribution >= 4 is 17.5 Å². The number of piperidine rings is 1. The van der Waals surface area contributed by atoms with E-state index in [4.69, 9.17) is 16.3 Å². The molecule has 2 aromatic rings. The first-order valence-electron chi connectivity index (χ1n) is 15.0. The van der Waals surface area contributed by atoms with Crippen molar-refractivity contribution in [1.82, 2.24) is 10.2 Å². The van der Waals surface area contributed by atoms with Crippen LogP contribution in [0.15, 0.2) is 42.5 Å². The number of benzene rings is 1. The van der Waals surface area contributed by atoms with Gasteiger partial charge in [0.2, 0.25) is 11.6 Å². The summed E-state index contributed by atoms with van der Waals surface area (Å²) in [5, 5.41) is 4.27. The van der Waals surface area contributed by atoms with Crippen molar-refractivity contribution in [2.75, 3.05) is 26.2 Å². The smallest absolute Gasteiger partial charge is 0.273 e.